The Morgan fingerprint density at radius 1 is 1.58 bits per heavy atom. The highest BCUT2D eigenvalue weighted by atomic mass is 16.5. The van der Waals surface area contributed by atoms with Crippen LogP contribution in [-0.2, 0) is 9.53 Å². The molecule has 0 rings (SSSR count). The lowest BCUT2D eigenvalue weighted by Crippen LogP contribution is -2.29. The summed E-state index contributed by atoms with van der Waals surface area (Å²) in [6.45, 7) is 7.53. The highest BCUT2D eigenvalue weighted by Crippen LogP contribution is 2.25. The predicted molar refractivity (Wildman–Crippen MR) is 46.7 cm³/mol. The molecule has 72 valence electrons. The number of hydrogen-bond donors (Lipinski definition) is 1. The number of hydrogen-bond acceptors (Lipinski definition) is 3. The molecular formula is C9H18O3. The van der Waals surface area contributed by atoms with Crippen molar-refractivity contribution in [2.24, 2.45) is 5.41 Å². The molecule has 0 saturated heterocycles. The summed E-state index contributed by atoms with van der Waals surface area (Å²) in [5.74, 6) is -0.247. The van der Waals surface area contributed by atoms with Gasteiger partial charge in [0.05, 0.1) is 19.1 Å². The van der Waals surface area contributed by atoms with E-state index in [1.165, 1.54) is 0 Å². The summed E-state index contributed by atoms with van der Waals surface area (Å²) < 4.78 is 4.78. The van der Waals surface area contributed by atoms with E-state index in [0.717, 1.165) is 0 Å². The van der Waals surface area contributed by atoms with Crippen molar-refractivity contribution in [1.82, 2.24) is 0 Å². The number of aliphatic hydroxyl groups excluding tert-OH is 1. The van der Waals surface area contributed by atoms with E-state index >= 15 is 0 Å². The Bertz CT molecular complexity index is 150. The van der Waals surface area contributed by atoms with E-state index in [9.17, 15) is 9.90 Å². The lowest BCUT2D eigenvalue weighted by molar-refractivity contribution is -0.147. The standard InChI is InChI=1S/C9H18O3/c1-5-12-8(11)6-9(3,4)7(2)10/h7,10H,5-6H2,1-4H3. The molecule has 0 fully saturated rings. The number of aliphatic hydroxyl groups is 1. The van der Waals surface area contributed by atoms with Gasteiger partial charge in [0.15, 0.2) is 0 Å². The number of esters is 1. The smallest absolute Gasteiger partial charge is 0.306 e. The van der Waals surface area contributed by atoms with Gasteiger partial charge in [-0.05, 0) is 13.8 Å². The van der Waals surface area contributed by atoms with E-state index in [1.54, 1.807) is 13.8 Å². The van der Waals surface area contributed by atoms with Crippen LogP contribution in [-0.4, -0.2) is 23.8 Å². The van der Waals surface area contributed by atoms with E-state index < -0.39 is 11.5 Å². The minimum atomic E-state index is -0.498. The first-order chi connectivity index (χ1) is 5.40. The first kappa shape index (κ1) is 11.4. The van der Waals surface area contributed by atoms with E-state index in [0.29, 0.717) is 6.61 Å². The summed E-state index contributed by atoms with van der Waals surface area (Å²) in [4.78, 5) is 11.0. The average molecular weight is 174 g/mol. The molecule has 1 atom stereocenters. The van der Waals surface area contributed by atoms with Gasteiger partial charge in [0.1, 0.15) is 0 Å². The maximum absolute atomic E-state index is 11.0. The zero-order valence-corrected chi connectivity index (χ0v) is 8.26. The van der Waals surface area contributed by atoms with E-state index in [2.05, 4.69) is 0 Å². The monoisotopic (exact) mass is 174 g/mol. The minimum absolute atomic E-state index is 0.247. The van der Waals surface area contributed by atoms with E-state index in [4.69, 9.17) is 4.74 Å². The third kappa shape index (κ3) is 3.72. The molecule has 0 aromatic carbocycles. The van der Waals surface area contributed by atoms with Crippen LogP contribution in [0.4, 0.5) is 0 Å². The third-order valence-corrected chi connectivity index (χ3v) is 2.04. The maximum Gasteiger partial charge on any atom is 0.306 e. The summed E-state index contributed by atoms with van der Waals surface area (Å²) >= 11 is 0. The van der Waals surface area contributed by atoms with Crippen LogP contribution in [0, 0.1) is 5.41 Å². The van der Waals surface area contributed by atoms with Crippen molar-refractivity contribution in [3.63, 3.8) is 0 Å². The molecule has 0 saturated carbocycles. The largest absolute Gasteiger partial charge is 0.466 e. The van der Waals surface area contributed by atoms with Crippen LogP contribution < -0.4 is 0 Å². The lowest BCUT2D eigenvalue weighted by atomic mass is 9.84. The normalized spacial score (nSPS) is 14.1. The van der Waals surface area contributed by atoms with Crippen molar-refractivity contribution >= 4 is 5.97 Å². The molecule has 0 aliphatic rings. The Labute approximate surface area is 73.7 Å². The highest BCUT2D eigenvalue weighted by Gasteiger charge is 2.27. The number of carbonyl (C=O) groups excluding carboxylic acids is 1. The second kappa shape index (κ2) is 4.45. The molecule has 0 aromatic rings. The van der Waals surface area contributed by atoms with Gasteiger partial charge in [0.25, 0.3) is 0 Å². The Balaban J connectivity index is 3.97. The van der Waals surface area contributed by atoms with Crippen LogP contribution in [0.5, 0.6) is 0 Å². The molecule has 0 heterocycles. The lowest BCUT2D eigenvalue weighted by Gasteiger charge is -2.26. The molecule has 3 nitrogen and oxygen atoms in total. The topological polar surface area (TPSA) is 46.5 Å². The van der Waals surface area contributed by atoms with Gasteiger partial charge in [-0.25, -0.2) is 0 Å². The van der Waals surface area contributed by atoms with Crippen molar-refractivity contribution in [2.75, 3.05) is 6.61 Å². The number of rotatable bonds is 4. The Kier molecular flexibility index (Phi) is 4.24. The molecule has 1 unspecified atom stereocenters. The van der Waals surface area contributed by atoms with Gasteiger partial charge in [-0.2, -0.15) is 0 Å². The Morgan fingerprint density at radius 3 is 2.42 bits per heavy atom. The van der Waals surface area contributed by atoms with Gasteiger partial charge in [0, 0.05) is 5.41 Å². The second-order valence-electron chi connectivity index (χ2n) is 3.65. The molecule has 12 heavy (non-hydrogen) atoms. The van der Waals surface area contributed by atoms with Crippen molar-refractivity contribution in [3.8, 4) is 0 Å². The van der Waals surface area contributed by atoms with Crippen molar-refractivity contribution < 1.29 is 14.6 Å². The van der Waals surface area contributed by atoms with Gasteiger partial charge in [-0.15, -0.1) is 0 Å². The SMILES string of the molecule is CCOC(=O)CC(C)(C)C(C)O. The molecule has 3 heteroatoms. The molecule has 1 N–H and O–H groups in total. The van der Waals surface area contributed by atoms with Crippen LogP contribution in [0.25, 0.3) is 0 Å². The van der Waals surface area contributed by atoms with Gasteiger partial charge >= 0.3 is 5.97 Å². The molecule has 0 spiro atoms. The highest BCUT2D eigenvalue weighted by molar-refractivity contribution is 5.70. The predicted octanol–water partition coefficient (Wildman–Crippen LogP) is 1.35. The molecule has 0 aliphatic carbocycles. The maximum atomic E-state index is 11.0. The first-order valence-corrected chi connectivity index (χ1v) is 4.24. The van der Waals surface area contributed by atoms with Gasteiger partial charge in [0.2, 0.25) is 0 Å². The van der Waals surface area contributed by atoms with Crippen LogP contribution in [0.3, 0.4) is 0 Å². The summed E-state index contributed by atoms with van der Waals surface area (Å²) in [6, 6.07) is 0. The fraction of sp³-hybridized carbons (Fsp3) is 0.889. The molecule has 0 bridgehead atoms. The van der Waals surface area contributed by atoms with Gasteiger partial charge in [-0.3, -0.25) is 4.79 Å². The molecule has 0 radical (unpaired) electrons. The van der Waals surface area contributed by atoms with Crippen LogP contribution in [0.15, 0.2) is 0 Å². The molecule has 0 amide bonds. The van der Waals surface area contributed by atoms with Crippen LogP contribution in [0.2, 0.25) is 0 Å². The molecule has 0 aromatic heterocycles. The summed E-state index contributed by atoms with van der Waals surface area (Å²) in [5, 5.41) is 9.29. The third-order valence-electron chi connectivity index (χ3n) is 2.04. The van der Waals surface area contributed by atoms with Crippen molar-refractivity contribution in [3.05, 3.63) is 0 Å². The molecule has 0 aliphatic heterocycles. The minimum Gasteiger partial charge on any atom is -0.466 e. The van der Waals surface area contributed by atoms with Gasteiger partial charge in [-0.1, -0.05) is 13.8 Å². The van der Waals surface area contributed by atoms with E-state index in [1.807, 2.05) is 13.8 Å². The fourth-order valence-electron chi connectivity index (χ4n) is 0.732. The summed E-state index contributed by atoms with van der Waals surface area (Å²) in [5.41, 5.74) is -0.397. The second-order valence-corrected chi connectivity index (χ2v) is 3.65. The first-order valence-electron chi connectivity index (χ1n) is 4.24. The van der Waals surface area contributed by atoms with Crippen molar-refractivity contribution in [1.29, 1.82) is 0 Å². The Hall–Kier alpha value is -0.570. The zero-order chi connectivity index (χ0) is 9.78. The van der Waals surface area contributed by atoms with Crippen molar-refractivity contribution in [2.45, 2.75) is 40.2 Å². The fourth-order valence-corrected chi connectivity index (χ4v) is 0.732. The number of carbonyl (C=O) groups is 1. The van der Waals surface area contributed by atoms with E-state index in [-0.39, 0.29) is 12.4 Å². The number of ether oxygens (including phenoxy) is 1. The van der Waals surface area contributed by atoms with Crippen LogP contribution >= 0.6 is 0 Å². The zero-order valence-electron chi connectivity index (χ0n) is 8.26. The average Bonchev–Trinajstić information content (AvgIpc) is 1.85. The van der Waals surface area contributed by atoms with Crippen LogP contribution in [0.1, 0.15) is 34.1 Å². The molecular weight excluding hydrogens is 156 g/mol. The Morgan fingerprint density at radius 2 is 2.08 bits per heavy atom. The van der Waals surface area contributed by atoms with Gasteiger partial charge < -0.3 is 9.84 Å². The quantitative estimate of drug-likeness (QED) is 0.654. The summed E-state index contributed by atoms with van der Waals surface area (Å²) in [7, 11) is 0. The summed E-state index contributed by atoms with van der Waals surface area (Å²) in [6.07, 6.45) is -0.236.